The molecule has 0 fully saturated rings. The van der Waals surface area contributed by atoms with Crippen LogP contribution in [0.2, 0.25) is 0 Å². The SMILES string of the molecule is O=C(CSc1ccc(F)c(F)c1)NCCC1=CCCCC1. The van der Waals surface area contributed by atoms with E-state index in [4.69, 9.17) is 0 Å². The van der Waals surface area contributed by atoms with E-state index < -0.39 is 11.6 Å². The molecule has 1 amide bonds. The third kappa shape index (κ3) is 5.50. The fourth-order valence-corrected chi connectivity index (χ4v) is 3.01. The Kier molecular flexibility index (Phi) is 6.23. The smallest absolute Gasteiger partial charge is 0.230 e. The number of nitrogens with one attached hydrogen (secondary N) is 1. The van der Waals surface area contributed by atoms with E-state index in [0.717, 1.165) is 31.4 Å². The quantitative estimate of drug-likeness (QED) is 0.634. The lowest BCUT2D eigenvalue weighted by Crippen LogP contribution is -2.26. The molecule has 1 aliphatic carbocycles. The molecule has 2 nitrogen and oxygen atoms in total. The van der Waals surface area contributed by atoms with Gasteiger partial charge in [-0.3, -0.25) is 4.79 Å². The number of allylic oxidation sites excluding steroid dienone is 1. The summed E-state index contributed by atoms with van der Waals surface area (Å²) in [5.74, 6) is -1.63. The van der Waals surface area contributed by atoms with E-state index in [9.17, 15) is 13.6 Å². The van der Waals surface area contributed by atoms with Crippen LogP contribution in [0.5, 0.6) is 0 Å². The molecule has 0 heterocycles. The zero-order valence-electron chi connectivity index (χ0n) is 11.8. The van der Waals surface area contributed by atoms with Gasteiger partial charge in [0.1, 0.15) is 0 Å². The first-order chi connectivity index (χ1) is 10.1. The number of thioether (sulfide) groups is 1. The first-order valence-electron chi connectivity index (χ1n) is 7.17. The molecule has 2 rings (SSSR count). The fraction of sp³-hybridized carbons (Fsp3) is 0.438. The number of halogens is 2. The number of hydrogen-bond donors (Lipinski definition) is 1. The van der Waals surface area contributed by atoms with Gasteiger partial charge in [-0.1, -0.05) is 11.6 Å². The van der Waals surface area contributed by atoms with Gasteiger partial charge < -0.3 is 5.32 Å². The molecule has 114 valence electrons. The molecule has 21 heavy (non-hydrogen) atoms. The molecule has 0 bridgehead atoms. The molecule has 1 aromatic carbocycles. The molecule has 0 atom stereocenters. The van der Waals surface area contributed by atoms with E-state index in [2.05, 4.69) is 11.4 Å². The molecular weight excluding hydrogens is 292 g/mol. The molecule has 0 saturated heterocycles. The van der Waals surface area contributed by atoms with Gasteiger partial charge >= 0.3 is 0 Å². The Morgan fingerprint density at radius 1 is 1.24 bits per heavy atom. The summed E-state index contributed by atoms with van der Waals surface area (Å²) in [6.45, 7) is 0.642. The van der Waals surface area contributed by atoms with E-state index >= 15 is 0 Å². The van der Waals surface area contributed by atoms with Crippen LogP contribution < -0.4 is 5.32 Å². The van der Waals surface area contributed by atoms with Crippen LogP contribution in [0.4, 0.5) is 8.78 Å². The van der Waals surface area contributed by atoms with Crippen LogP contribution in [-0.2, 0) is 4.79 Å². The molecular formula is C16H19F2NOS. The van der Waals surface area contributed by atoms with Gasteiger partial charge in [0.15, 0.2) is 11.6 Å². The number of amides is 1. The standard InChI is InChI=1S/C16H19F2NOS/c17-14-7-6-13(10-15(14)18)21-11-16(20)19-9-8-12-4-2-1-3-5-12/h4,6-7,10H,1-3,5,8-9,11H2,(H,19,20). The maximum Gasteiger partial charge on any atom is 0.230 e. The molecule has 1 aromatic rings. The lowest BCUT2D eigenvalue weighted by atomic mass is 9.97. The Morgan fingerprint density at radius 2 is 2.10 bits per heavy atom. The molecule has 0 aliphatic heterocycles. The van der Waals surface area contributed by atoms with Crippen molar-refractivity contribution in [1.82, 2.24) is 5.32 Å². The highest BCUT2D eigenvalue weighted by Gasteiger charge is 2.07. The van der Waals surface area contributed by atoms with Gasteiger partial charge in [0.25, 0.3) is 0 Å². The maximum atomic E-state index is 13.0. The van der Waals surface area contributed by atoms with Crippen molar-refractivity contribution in [1.29, 1.82) is 0 Å². The van der Waals surface area contributed by atoms with Crippen molar-refractivity contribution in [3.05, 3.63) is 41.5 Å². The largest absolute Gasteiger partial charge is 0.355 e. The van der Waals surface area contributed by atoms with Crippen molar-refractivity contribution in [3.8, 4) is 0 Å². The Labute approximate surface area is 128 Å². The second-order valence-corrected chi connectivity index (χ2v) is 6.12. The number of rotatable bonds is 6. The molecule has 0 saturated carbocycles. The van der Waals surface area contributed by atoms with E-state index in [1.807, 2.05) is 0 Å². The van der Waals surface area contributed by atoms with Crippen LogP contribution in [-0.4, -0.2) is 18.2 Å². The van der Waals surface area contributed by atoms with Crippen molar-refractivity contribution in [2.24, 2.45) is 0 Å². The predicted molar refractivity (Wildman–Crippen MR) is 81.3 cm³/mol. The molecule has 5 heteroatoms. The maximum absolute atomic E-state index is 13.0. The number of benzene rings is 1. The van der Waals surface area contributed by atoms with Gasteiger partial charge in [0.05, 0.1) is 5.75 Å². The summed E-state index contributed by atoms with van der Waals surface area (Å²) in [7, 11) is 0. The Morgan fingerprint density at radius 3 is 2.81 bits per heavy atom. The predicted octanol–water partition coefficient (Wildman–Crippen LogP) is 4.06. The highest BCUT2D eigenvalue weighted by Crippen LogP contribution is 2.21. The summed E-state index contributed by atoms with van der Waals surface area (Å²) in [5, 5.41) is 2.86. The summed E-state index contributed by atoms with van der Waals surface area (Å²) < 4.78 is 25.8. The first-order valence-corrected chi connectivity index (χ1v) is 8.16. The van der Waals surface area contributed by atoms with Crippen molar-refractivity contribution in [3.63, 3.8) is 0 Å². The Balaban J connectivity index is 1.67. The number of hydrogen-bond acceptors (Lipinski definition) is 2. The van der Waals surface area contributed by atoms with E-state index in [1.54, 1.807) is 0 Å². The summed E-state index contributed by atoms with van der Waals surface area (Å²) >= 11 is 1.20. The van der Waals surface area contributed by atoms with Crippen LogP contribution in [0, 0.1) is 11.6 Å². The molecule has 1 aliphatic rings. The highest BCUT2D eigenvalue weighted by molar-refractivity contribution is 8.00. The second-order valence-electron chi connectivity index (χ2n) is 5.07. The summed E-state index contributed by atoms with van der Waals surface area (Å²) in [5.41, 5.74) is 1.43. The first kappa shape index (κ1) is 16.0. The summed E-state index contributed by atoms with van der Waals surface area (Å²) in [6, 6.07) is 3.66. The third-order valence-electron chi connectivity index (χ3n) is 3.41. The lowest BCUT2D eigenvalue weighted by Gasteiger charge is -2.12. The average Bonchev–Trinajstić information content (AvgIpc) is 2.49. The van der Waals surface area contributed by atoms with E-state index in [1.165, 1.54) is 36.2 Å². The average molecular weight is 311 g/mol. The fourth-order valence-electron chi connectivity index (χ4n) is 2.26. The number of carbonyl (C=O) groups excluding carboxylic acids is 1. The van der Waals surface area contributed by atoms with Crippen molar-refractivity contribution >= 4 is 17.7 Å². The van der Waals surface area contributed by atoms with E-state index in [0.29, 0.717) is 11.4 Å². The van der Waals surface area contributed by atoms with Crippen molar-refractivity contribution in [2.75, 3.05) is 12.3 Å². The van der Waals surface area contributed by atoms with Gasteiger partial charge in [-0.05, 0) is 50.3 Å². The van der Waals surface area contributed by atoms with Crippen LogP contribution in [0.3, 0.4) is 0 Å². The normalized spacial score (nSPS) is 14.7. The minimum atomic E-state index is -0.885. The molecule has 0 aromatic heterocycles. The zero-order chi connectivity index (χ0) is 15.1. The van der Waals surface area contributed by atoms with Crippen LogP contribution in [0.15, 0.2) is 34.7 Å². The van der Waals surface area contributed by atoms with Gasteiger partial charge in [-0.15, -0.1) is 11.8 Å². The highest BCUT2D eigenvalue weighted by atomic mass is 32.2. The van der Waals surface area contributed by atoms with E-state index in [-0.39, 0.29) is 11.7 Å². The summed E-state index contributed by atoms with van der Waals surface area (Å²) in [6.07, 6.45) is 7.97. The monoisotopic (exact) mass is 311 g/mol. The van der Waals surface area contributed by atoms with Gasteiger partial charge in [0, 0.05) is 11.4 Å². The van der Waals surface area contributed by atoms with Crippen LogP contribution >= 0.6 is 11.8 Å². The van der Waals surface area contributed by atoms with Crippen LogP contribution in [0.25, 0.3) is 0 Å². The topological polar surface area (TPSA) is 29.1 Å². The third-order valence-corrected chi connectivity index (χ3v) is 4.41. The number of carbonyl (C=O) groups is 1. The minimum absolute atomic E-state index is 0.0823. The van der Waals surface area contributed by atoms with Crippen LogP contribution in [0.1, 0.15) is 32.1 Å². The molecule has 1 N–H and O–H groups in total. The van der Waals surface area contributed by atoms with Crippen molar-refractivity contribution < 1.29 is 13.6 Å². The zero-order valence-corrected chi connectivity index (χ0v) is 12.6. The van der Waals surface area contributed by atoms with Crippen molar-refractivity contribution in [2.45, 2.75) is 37.0 Å². The Bertz CT molecular complexity index is 531. The van der Waals surface area contributed by atoms with Gasteiger partial charge in [-0.25, -0.2) is 8.78 Å². The molecule has 0 radical (unpaired) electrons. The molecule has 0 unspecified atom stereocenters. The summed E-state index contributed by atoms with van der Waals surface area (Å²) in [4.78, 5) is 12.2. The second kappa shape index (κ2) is 8.17. The van der Waals surface area contributed by atoms with Gasteiger partial charge in [0.2, 0.25) is 5.91 Å². The Hall–Kier alpha value is -1.36. The molecule has 0 spiro atoms. The minimum Gasteiger partial charge on any atom is -0.355 e. The van der Waals surface area contributed by atoms with Gasteiger partial charge in [-0.2, -0.15) is 0 Å². The lowest BCUT2D eigenvalue weighted by molar-refractivity contribution is -0.118.